The molecule has 2 fully saturated rings. The van der Waals surface area contributed by atoms with E-state index in [2.05, 4.69) is 14.8 Å². The molecule has 6 rings (SSSR count). The first-order chi connectivity index (χ1) is 19.0. The Labute approximate surface area is 224 Å². The highest BCUT2D eigenvalue weighted by molar-refractivity contribution is 5.95. The minimum absolute atomic E-state index is 0.164. The molecule has 1 aliphatic heterocycles. The summed E-state index contributed by atoms with van der Waals surface area (Å²) in [7, 11) is 0. The fourth-order valence-electron chi connectivity index (χ4n) is 5.08. The van der Waals surface area contributed by atoms with Crippen LogP contribution in [0.25, 0.3) is 21.7 Å². The number of nitrogens with zero attached hydrogens (tertiary/aromatic N) is 6. The fourth-order valence-corrected chi connectivity index (χ4v) is 5.08. The van der Waals surface area contributed by atoms with E-state index in [0.717, 1.165) is 12.8 Å². The van der Waals surface area contributed by atoms with Crippen LogP contribution in [-0.4, -0.2) is 43.0 Å². The number of hydrogen-bond acceptors (Lipinski definition) is 6. The van der Waals surface area contributed by atoms with Crippen molar-refractivity contribution in [3.8, 4) is 17.2 Å². The lowest BCUT2D eigenvalue weighted by atomic mass is 10.0. The number of fused-ring (bicyclic) bond motifs is 1. The maximum Gasteiger partial charge on any atom is 0.335 e. The molecule has 1 atom stereocenters. The molecule has 10 nitrogen and oxygen atoms in total. The van der Waals surface area contributed by atoms with Gasteiger partial charge in [-0.2, -0.15) is 0 Å². The van der Waals surface area contributed by atoms with Crippen molar-refractivity contribution in [2.24, 2.45) is 5.92 Å². The number of aromatic nitrogens is 4. The number of amides is 1. The lowest BCUT2D eigenvalue weighted by molar-refractivity contribution is -0.128. The molecule has 2 aliphatic rings. The van der Waals surface area contributed by atoms with Crippen molar-refractivity contribution >= 4 is 22.9 Å². The summed E-state index contributed by atoms with van der Waals surface area (Å²) >= 11 is 0. The second-order valence-electron chi connectivity index (χ2n) is 9.88. The van der Waals surface area contributed by atoms with Crippen molar-refractivity contribution in [3.63, 3.8) is 0 Å². The van der Waals surface area contributed by atoms with Gasteiger partial charge in [0, 0.05) is 13.1 Å². The molecule has 0 radical (unpaired) electrons. The van der Waals surface area contributed by atoms with Gasteiger partial charge in [-0.05, 0) is 68.0 Å². The summed E-state index contributed by atoms with van der Waals surface area (Å²) < 4.78 is 9.02. The van der Waals surface area contributed by atoms with Crippen LogP contribution in [0, 0.1) is 12.5 Å². The second-order valence-corrected chi connectivity index (χ2v) is 9.88. The molecule has 10 heteroatoms. The van der Waals surface area contributed by atoms with Gasteiger partial charge in [-0.15, -0.1) is 0 Å². The summed E-state index contributed by atoms with van der Waals surface area (Å²) in [6.45, 7) is 8.35. The van der Waals surface area contributed by atoms with Gasteiger partial charge < -0.3 is 15.4 Å². The van der Waals surface area contributed by atoms with E-state index in [4.69, 9.17) is 17.0 Å². The Morgan fingerprint density at radius 2 is 1.79 bits per heavy atom. The Balaban J connectivity index is 1.34. The van der Waals surface area contributed by atoms with Crippen molar-refractivity contribution in [2.75, 3.05) is 18.8 Å². The lowest BCUT2D eigenvalue weighted by Crippen LogP contribution is -2.43. The van der Waals surface area contributed by atoms with E-state index in [1.807, 2.05) is 30.3 Å². The number of ether oxygens (including phenoxy) is 1. The van der Waals surface area contributed by atoms with Gasteiger partial charge in [0.15, 0.2) is 11.5 Å². The van der Waals surface area contributed by atoms with Gasteiger partial charge in [0.1, 0.15) is 23.3 Å². The average molecular weight is 522 g/mol. The van der Waals surface area contributed by atoms with Gasteiger partial charge in [0.2, 0.25) is 5.70 Å². The summed E-state index contributed by atoms with van der Waals surface area (Å²) in [5, 5.41) is 0. The first-order valence-corrected chi connectivity index (χ1v) is 13.0. The van der Waals surface area contributed by atoms with Gasteiger partial charge in [0.25, 0.3) is 5.91 Å². The van der Waals surface area contributed by atoms with Gasteiger partial charge in [0.05, 0.1) is 18.3 Å². The third-order valence-electron chi connectivity index (χ3n) is 7.16. The molecular weight excluding hydrogens is 494 g/mol. The first-order valence-electron chi connectivity index (χ1n) is 13.0. The molecule has 2 aromatic carbocycles. The van der Waals surface area contributed by atoms with Crippen molar-refractivity contribution in [2.45, 2.75) is 31.7 Å². The van der Waals surface area contributed by atoms with Crippen LogP contribution in [0.1, 0.15) is 31.7 Å². The third-order valence-corrected chi connectivity index (χ3v) is 7.16. The van der Waals surface area contributed by atoms with E-state index in [9.17, 15) is 9.59 Å². The highest BCUT2D eigenvalue weighted by Crippen LogP contribution is 2.33. The highest BCUT2D eigenvalue weighted by atomic mass is 16.5. The predicted molar refractivity (Wildman–Crippen MR) is 146 cm³/mol. The fraction of sp³-hybridized carbons (Fsp3) is 0.276. The molecule has 0 bridgehead atoms. The standard InChI is InChI=1S/C29H27N7O3/c1-31-24(16-19-9-10-19)28(37)34-15-5-6-21(17-34)36-27-25(26(30)32-18-33-27)35(29(36)38)20-11-13-23(14-12-20)39-22-7-3-2-4-8-22/h2-4,7-8,11-14,16,18-19,21H,5-6,9-10,15,17H2,(H2,30,32,33)/b24-16-/t21-/m1/s1. The molecule has 1 saturated heterocycles. The largest absolute Gasteiger partial charge is 0.457 e. The van der Waals surface area contributed by atoms with Gasteiger partial charge in [-0.3, -0.25) is 13.9 Å². The Hall–Kier alpha value is -4.91. The predicted octanol–water partition coefficient (Wildman–Crippen LogP) is 4.33. The van der Waals surface area contributed by atoms with E-state index in [-0.39, 0.29) is 29.2 Å². The highest BCUT2D eigenvalue weighted by Gasteiger charge is 2.32. The first kappa shape index (κ1) is 24.4. The smallest absolute Gasteiger partial charge is 0.335 e. The number of nitrogen functional groups attached to an aromatic ring is 1. The molecule has 196 valence electrons. The minimum Gasteiger partial charge on any atom is -0.457 e. The van der Waals surface area contributed by atoms with Crippen LogP contribution < -0.4 is 16.2 Å². The molecule has 0 unspecified atom stereocenters. The normalized spacial score (nSPS) is 17.7. The molecule has 0 spiro atoms. The molecule has 4 aromatic rings. The van der Waals surface area contributed by atoms with Crippen molar-refractivity contribution in [1.82, 2.24) is 24.0 Å². The zero-order chi connectivity index (χ0) is 26.9. The summed E-state index contributed by atoms with van der Waals surface area (Å²) in [5.41, 5.74) is 7.54. The lowest BCUT2D eigenvalue weighted by Gasteiger charge is -2.33. The molecule has 1 aliphatic carbocycles. The molecule has 3 heterocycles. The average Bonchev–Trinajstić information content (AvgIpc) is 3.73. The number of anilines is 1. The van der Waals surface area contributed by atoms with Crippen LogP contribution in [0.5, 0.6) is 11.5 Å². The van der Waals surface area contributed by atoms with E-state index in [1.54, 1.807) is 39.8 Å². The SMILES string of the molecule is [C-]#[N+]/C(=C\C1CC1)C(=O)N1CCC[C@@H](n2c(=O)n(-c3ccc(Oc4ccccc4)cc3)c3c(N)ncnc32)C1. The number of carbonyl (C=O) groups is 1. The van der Waals surface area contributed by atoms with Gasteiger partial charge in [-0.25, -0.2) is 19.6 Å². The number of rotatable bonds is 6. The zero-order valence-electron chi connectivity index (χ0n) is 21.2. The van der Waals surface area contributed by atoms with E-state index in [0.29, 0.717) is 60.2 Å². The molecule has 39 heavy (non-hydrogen) atoms. The van der Waals surface area contributed by atoms with Crippen LogP contribution in [0.4, 0.5) is 5.82 Å². The molecule has 2 N–H and O–H groups in total. The summed E-state index contributed by atoms with van der Waals surface area (Å²) in [5.74, 6) is 1.57. The second kappa shape index (κ2) is 10.1. The number of nitrogens with two attached hydrogens (primary N) is 1. The summed E-state index contributed by atoms with van der Waals surface area (Å²) in [6.07, 6.45) is 6.56. The van der Waals surface area contributed by atoms with Gasteiger partial charge in [-0.1, -0.05) is 24.3 Å². The summed E-state index contributed by atoms with van der Waals surface area (Å²) in [4.78, 5) is 40.8. The maximum absolute atomic E-state index is 13.9. The van der Waals surface area contributed by atoms with E-state index >= 15 is 0 Å². The van der Waals surface area contributed by atoms with Crippen molar-refractivity contribution < 1.29 is 9.53 Å². The Morgan fingerprint density at radius 1 is 1.05 bits per heavy atom. The quantitative estimate of drug-likeness (QED) is 0.299. The zero-order valence-corrected chi connectivity index (χ0v) is 21.2. The van der Waals surface area contributed by atoms with Crippen LogP contribution >= 0.6 is 0 Å². The number of para-hydroxylation sites is 1. The Bertz CT molecular complexity index is 1660. The number of carbonyl (C=O) groups excluding carboxylic acids is 1. The molecule has 1 saturated carbocycles. The van der Waals surface area contributed by atoms with Crippen LogP contribution in [-0.2, 0) is 4.79 Å². The topological polar surface area (TPSA) is 113 Å². The van der Waals surface area contributed by atoms with Crippen molar-refractivity contribution in [1.29, 1.82) is 0 Å². The van der Waals surface area contributed by atoms with Crippen LogP contribution in [0.3, 0.4) is 0 Å². The number of hydrogen-bond donors (Lipinski definition) is 1. The maximum atomic E-state index is 13.9. The Morgan fingerprint density at radius 3 is 2.51 bits per heavy atom. The third kappa shape index (κ3) is 4.75. The molecule has 2 aromatic heterocycles. The molecular formula is C29H27N7O3. The minimum atomic E-state index is -0.318. The number of allylic oxidation sites excluding steroid dienone is 1. The number of likely N-dealkylation sites (tertiary alicyclic amines) is 1. The van der Waals surface area contributed by atoms with Crippen LogP contribution in [0.15, 0.2) is 77.5 Å². The summed E-state index contributed by atoms with van der Waals surface area (Å²) in [6, 6.07) is 16.3. The van der Waals surface area contributed by atoms with E-state index in [1.165, 1.54) is 10.9 Å². The monoisotopic (exact) mass is 521 g/mol. The van der Waals surface area contributed by atoms with E-state index < -0.39 is 0 Å². The van der Waals surface area contributed by atoms with Crippen LogP contribution in [0.2, 0.25) is 0 Å². The number of imidazole rings is 1. The van der Waals surface area contributed by atoms with Crippen molar-refractivity contribution in [3.05, 3.63) is 94.6 Å². The number of benzene rings is 2. The number of piperidine rings is 1. The van der Waals surface area contributed by atoms with Gasteiger partial charge >= 0.3 is 5.69 Å². The molecule has 1 amide bonds. The Kier molecular flexibility index (Phi) is 6.32.